The fourth-order valence-corrected chi connectivity index (χ4v) is 1.71. The van der Waals surface area contributed by atoms with Gasteiger partial charge in [0.15, 0.2) is 0 Å². The molecule has 0 unspecified atom stereocenters. The maximum absolute atomic E-state index is 13.1. The van der Waals surface area contributed by atoms with E-state index >= 15 is 0 Å². The lowest BCUT2D eigenvalue weighted by Crippen LogP contribution is -2.02. The van der Waals surface area contributed by atoms with Gasteiger partial charge in [0.2, 0.25) is 0 Å². The second-order valence-corrected chi connectivity index (χ2v) is 4.08. The van der Waals surface area contributed by atoms with Gasteiger partial charge in [0.25, 0.3) is 0 Å². The number of nitrogens with one attached hydrogen (secondary N) is 1. The Morgan fingerprint density at radius 3 is 2.65 bits per heavy atom. The Bertz CT molecular complexity index is 659. The molecule has 4 N–H and O–H groups in total. The summed E-state index contributed by atoms with van der Waals surface area (Å²) in [6, 6.07) is 8.27. The van der Waals surface area contributed by atoms with Crippen molar-refractivity contribution in [3.63, 3.8) is 0 Å². The number of hydrogen-bond donors (Lipinski definition) is 3. The van der Waals surface area contributed by atoms with Crippen LogP contribution in [0, 0.1) is 5.82 Å². The van der Waals surface area contributed by atoms with Gasteiger partial charge in [0, 0.05) is 6.07 Å². The van der Waals surface area contributed by atoms with Crippen LogP contribution in [0.5, 0.6) is 5.75 Å². The van der Waals surface area contributed by atoms with Gasteiger partial charge in [0.05, 0.1) is 29.7 Å². The summed E-state index contributed by atoms with van der Waals surface area (Å²) in [7, 11) is 1.41. The molecule has 6 heteroatoms. The van der Waals surface area contributed by atoms with Gasteiger partial charge in [-0.2, -0.15) is 0 Å². The number of anilines is 3. The largest absolute Gasteiger partial charge is 0.494 e. The van der Waals surface area contributed by atoms with Crippen molar-refractivity contribution >= 4 is 23.0 Å². The van der Waals surface area contributed by atoms with Crippen molar-refractivity contribution in [1.29, 1.82) is 0 Å². The number of halogens is 1. The van der Waals surface area contributed by atoms with Crippen LogP contribution in [0.15, 0.2) is 36.4 Å². The molecule has 2 aromatic rings. The highest BCUT2D eigenvalue weighted by atomic mass is 19.1. The van der Waals surface area contributed by atoms with Crippen molar-refractivity contribution in [3.8, 4) is 5.75 Å². The van der Waals surface area contributed by atoms with Gasteiger partial charge in [-0.15, -0.1) is 0 Å². The van der Waals surface area contributed by atoms with Crippen molar-refractivity contribution in [3.05, 3.63) is 47.8 Å². The molecule has 0 aromatic heterocycles. The van der Waals surface area contributed by atoms with Crippen LogP contribution in [-0.2, 0) is 0 Å². The monoisotopic (exact) mass is 276 g/mol. The third kappa shape index (κ3) is 2.80. The fourth-order valence-electron chi connectivity index (χ4n) is 1.71. The molecule has 0 bridgehead atoms. The molecule has 0 atom stereocenters. The van der Waals surface area contributed by atoms with Crippen molar-refractivity contribution < 1.29 is 19.0 Å². The first-order valence-electron chi connectivity index (χ1n) is 5.74. The molecule has 0 saturated carbocycles. The molecule has 0 radical (unpaired) electrons. The van der Waals surface area contributed by atoms with Gasteiger partial charge in [-0.25, -0.2) is 9.18 Å². The smallest absolute Gasteiger partial charge is 0.335 e. The number of rotatable bonds is 4. The lowest BCUT2D eigenvalue weighted by atomic mass is 10.1. The summed E-state index contributed by atoms with van der Waals surface area (Å²) in [6.45, 7) is 0. The van der Waals surface area contributed by atoms with Crippen LogP contribution in [0.4, 0.5) is 21.5 Å². The average molecular weight is 276 g/mol. The molecule has 104 valence electrons. The molecule has 0 aliphatic heterocycles. The Hall–Kier alpha value is -2.76. The molecule has 2 aromatic carbocycles. The number of carbonyl (C=O) groups is 1. The Balaban J connectivity index is 2.39. The number of nitrogen functional groups attached to an aromatic ring is 1. The summed E-state index contributed by atoms with van der Waals surface area (Å²) in [5, 5.41) is 11.9. The first kappa shape index (κ1) is 13.7. The SMILES string of the molecule is COc1cc(F)ccc1Nc1cc(C(=O)O)ccc1N. The first-order chi connectivity index (χ1) is 9.51. The fraction of sp³-hybridized carbons (Fsp3) is 0.0714. The Morgan fingerprint density at radius 1 is 1.25 bits per heavy atom. The summed E-state index contributed by atoms with van der Waals surface area (Å²) in [5.74, 6) is -1.19. The van der Waals surface area contributed by atoms with E-state index in [-0.39, 0.29) is 5.56 Å². The third-order valence-electron chi connectivity index (χ3n) is 2.73. The van der Waals surface area contributed by atoms with Crippen molar-refractivity contribution in [2.45, 2.75) is 0 Å². The number of carboxylic acids is 1. The average Bonchev–Trinajstić information content (AvgIpc) is 2.42. The van der Waals surface area contributed by atoms with E-state index in [2.05, 4.69) is 5.32 Å². The molecule has 0 spiro atoms. The topological polar surface area (TPSA) is 84.6 Å². The van der Waals surface area contributed by atoms with Crippen LogP contribution in [0.1, 0.15) is 10.4 Å². The Kier molecular flexibility index (Phi) is 3.74. The van der Waals surface area contributed by atoms with Crippen molar-refractivity contribution in [2.75, 3.05) is 18.2 Å². The molecule has 20 heavy (non-hydrogen) atoms. The highest BCUT2D eigenvalue weighted by Crippen LogP contribution is 2.31. The highest BCUT2D eigenvalue weighted by Gasteiger charge is 2.10. The van der Waals surface area contributed by atoms with Gasteiger partial charge in [-0.05, 0) is 30.3 Å². The van der Waals surface area contributed by atoms with Crippen LogP contribution in [0.3, 0.4) is 0 Å². The molecule has 2 rings (SSSR count). The first-order valence-corrected chi connectivity index (χ1v) is 5.74. The van der Waals surface area contributed by atoms with Crippen LogP contribution in [0.2, 0.25) is 0 Å². The number of methoxy groups -OCH3 is 1. The van der Waals surface area contributed by atoms with Gasteiger partial charge < -0.3 is 20.9 Å². The van der Waals surface area contributed by atoms with Crippen LogP contribution in [0.25, 0.3) is 0 Å². The number of ether oxygens (including phenoxy) is 1. The summed E-state index contributed by atoms with van der Waals surface area (Å²) in [6.07, 6.45) is 0. The molecular formula is C14H13FN2O3. The van der Waals surface area contributed by atoms with E-state index in [4.69, 9.17) is 15.6 Å². The van der Waals surface area contributed by atoms with Crippen LogP contribution < -0.4 is 15.8 Å². The molecule has 0 heterocycles. The number of nitrogens with two attached hydrogens (primary N) is 1. The van der Waals surface area contributed by atoms with Gasteiger partial charge in [0.1, 0.15) is 11.6 Å². The highest BCUT2D eigenvalue weighted by molar-refractivity contribution is 5.91. The van der Waals surface area contributed by atoms with E-state index in [1.165, 1.54) is 43.5 Å². The van der Waals surface area contributed by atoms with E-state index in [0.29, 0.717) is 22.8 Å². The predicted molar refractivity (Wildman–Crippen MR) is 74.0 cm³/mol. The number of aromatic carboxylic acids is 1. The van der Waals surface area contributed by atoms with E-state index in [9.17, 15) is 9.18 Å². The van der Waals surface area contributed by atoms with Gasteiger partial charge in [-0.1, -0.05) is 0 Å². The van der Waals surface area contributed by atoms with Crippen LogP contribution in [-0.4, -0.2) is 18.2 Å². The molecule has 0 aliphatic carbocycles. The van der Waals surface area contributed by atoms with Crippen molar-refractivity contribution in [2.24, 2.45) is 0 Å². The maximum atomic E-state index is 13.1. The lowest BCUT2D eigenvalue weighted by Gasteiger charge is -2.13. The minimum absolute atomic E-state index is 0.0998. The Morgan fingerprint density at radius 2 is 2.00 bits per heavy atom. The minimum atomic E-state index is -1.06. The van der Waals surface area contributed by atoms with Gasteiger partial charge >= 0.3 is 5.97 Å². The number of carboxylic acid groups (broad SMARTS) is 1. The predicted octanol–water partition coefficient (Wildman–Crippen LogP) is 2.86. The molecule has 0 saturated heterocycles. The quantitative estimate of drug-likeness (QED) is 0.748. The van der Waals surface area contributed by atoms with Crippen molar-refractivity contribution in [1.82, 2.24) is 0 Å². The summed E-state index contributed by atoms with van der Waals surface area (Å²) < 4.78 is 18.2. The lowest BCUT2D eigenvalue weighted by molar-refractivity contribution is 0.0697. The normalized spacial score (nSPS) is 10.1. The molecule has 0 amide bonds. The maximum Gasteiger partial charge on any atom is 0.335 e. The molecule has 0 fully saturated rings. The standard InChI is InChI=1S/C14H13FN2O3/c1-20-13-7-9(15)3-5-11(13)17-12-6-8(14(18)19)2-4-10(12)16/h2-7,17H,16H2,1H3,(H,18,19). The molecule has 5 nitrogen and oxygen atoms in total. The zero-order valence-electron chi connectivity index (χ0n) is 10.7. The van der Waals surface area contributed by atoms with E-state index in [1.807, 2.05) is 0 Å². The van der Waals surface area contributed by atoms with E-state index in [0.717, 1.165) is 0 Å². The summed E-state index contributed by atoms with van der Waals surface area (Å²) in [5.41, 5.74) is 7.17. The van der Waals surface area contributed by atoms with E-state index in [1.54, 1.807) is 0 Å². The Labute approximate surface area is 114 Å². The van der Waals surface area contributed by atoms with E-state index < -0.39 is 11.8 Å². The summed E-state index contributed by atoms with van der Waals surface area (Å²) in [4.78, 5) is 10.9. The zero-order chi connectivity index (χ0) is 14.7. The minimum Gasteiger partial charge on any atom is -0.494 e. The second kappa shape index (κ2) is 5.48. The number of hydrogen-bond acceptors (Lipinski definition) is 4. The second-order valence-electron chi connectivity index (χ2n) is 4.08. The zero-order valence-corrected chi connectivity index (χ0v) is 10.7. The van der Waals surface area contributed by atoms with Gasteiger partial charge in [-0.3, -0.25) is 0 Å². The molecule has 0 aliphatic rings. The summed E-state index contributed by atoms with van der Waals surface area (Å²) >= 11 is 0. The molecular weight excluding hydrogens is 263 g/mol. The number of benzene rings is 2. The third-order valence-corrected chi connectivity index (χ3v) is 2.73. The van der Waals surface area contributed by atoms with Crippen LogP contribution >= 0.6 is 0 Å².